The summed E-state index contributed by atoms with van der Waals surface area (Å²) in [6, 6.07) is 0. The monoisotopic (exact) mass is 518 g/mol. The van der Waals surface area contributed by atoms with Crippen molar-refractivity contribution in [1.82, 2.24) is 0 Å². The van der Waals surface area contributed by atoms with Gasteiger partial charge in [0.25, 0.3) is 0 Å². The largest absolute Gasteiger partial charge is 0.393 e. The van der Waals surface area contributed by atoms with Crippen LogP contribution in [0.25, 0.3) is 0 Å². The lowest BCUT2D eigenvalue weighted by Gasteiger charge is -2.54. The standard InChI is InChI=1S/C33H58O4/c1-20-15-30(35)27(22-9-5-3-6-10-22)18-25(20)33(24-13-14-29(34)32(37)17-24)26-19-28(31(36)16-21(26)2)23-11-7-4-8-12-23/h20-37H,3-19H2,1-2H3. The molecule has 4 nitrogen and oxygen atoms in total. The maximum atomic E-state index is 11.3. The molecule has 0 amide bonds. The van der Waals surface area contributed by atoms with Crippen LogP contribution in [-0.2, 0) is 0 Å². The molecule has 0 aromatic heterocycles. The van der Waals surface area contributed by atoms with Gasteiger partial charge in [0.1, 0.15) is 0 Å². The highest BCUT2D eigenvalue weighted by Gasteiger charge is 2.50. The molecule has 5 rings (SSSR count). The van der Waals surface area contributed by atoms with Crippen molar-refractivity contribution in [1.29, 1.82) is 0 Å². The fraction of sp³-hybridized carbons (Fsp3) is 1.00. The van der Waals surface area contributed by atoms with Gasteiger partial charge in [0.2, 0.25) is 0 Å². The van der Waals surface area contributed by atoms with Crippen LogP contribution in [0.5, 0.6) is 0 Å². The minimum atomic E-state index is -0.599. The van der Waals surface area contributed by atoms with Gasteiger partial charge < -0.3 is 20.4 Å². The van der Waals surface area contributed by atoms with E-state index in [0.29, 0.717) is 65.6 Å². The Labute approximate surface area is 227 Å². The molecule has 0 aromatic rings. The first kappa shape index (κ1) is 28.4. The molecule has 0 saturated heterocycles. The summed E-state index contributed by atoms with van der Waals surface area (Å²) < 4.78 is 0. The zero-order valence-corrected chi connectivity index (χ0v) is 23.9. The predicted molar refractivity (Wildman–Crippen MR) is 149 cm³/mol. The van der Waals surface area contributed by atoms with E-state index in [-0.39, 0.29) is 12.2 Å². The van der Waals surface area contributed by atoms with Crippen molar-refractivity contribution in [2.75, 3.05) is 0 Å². The molecule has 5 saturated carbocycles. The summed E-state index contributed by atoms with van der Waals surface area (Å²) in [7, 11) is 0. The Morgan fingerprint density at radius 3 is 1.35 bits per heavy atom. The van der Waals surface area contributed by atoms with Crippen LogP contribution in [0.4, 0.5) is 0 Å². The van der Waals surface area contributed by atoms with E-state index in [9.17, 15) is 20.4 Å². The number of hydrogen-bond donors (Lipinski definition) is 4. The maximum absolute atomic E-state index is 11.3. The van der Waals surface area contributed by atoms with Crippen LogP contribution >= 0.6 is 0 Å². The third-order valence-corrected chi connectivity index (χ3v) is 12.6. The molecule has 5 fully saturated rings. The van der Waals surface area contributed by atoms with Gasteiger partial charge in [-0.15, -0.1) is 0 Å². The molecule has 4 heteroatoms. The van der Waals surface area contributed by atoms with Crippen molar-refractivity contribution in [2.45, 2.75) is 147 Å². The van der Waals surface area contributed by atoms with Gasteiger partial charge in [0.05, 0.1) is 24.4 Å². The van der Waals surface area contributed by atoms with E-state index in [1.807, 2.05) is 0 Å². The minimum absolute atomic E-state index is 0.158. The highest BCUT2D eigenvalue weighted by atomic mass is 16.3. The zero-order valence-electron chi connectivity index (χ0n) is 23.9. The SMILES string of the molecule is CC1CC(O)C(C2CCCCC2)CC1C(C1CCC(O)C(O)C1)C1CC(C2CCCCC2)C(O)CC1C. The summed E-state index contributed by atoms with van der Waals surface area (Å²) in [4.78, 5) is 0. The van der Waals surface area contributed by atoms with Crippen LogP contribution in [0.3, 0.4) is 0 Å². The molecule has 0 aromatic carbocycles. The van der Waals surface area contributed by atoms with Crippen LogP contribution in [0.2, 0.25) is 0 Å². The van der Waals surface area contributed by atoms with Gasteiger partial charge in [-0.1, -0.05) is 78.1 Å². The second-order valence-electron chi connectivity index (χ2n) is 14.8. The molecule has 0 aliphatic heterocycles. The molecule has 214 valence electrons. The van der Waals surface area contributed by atoms with Gasteiger partial charge in [0.15, 0.2) is 0 Å². The first-order valence-corrected chi connectivity index (χ1v) is 16.6. The van der Waals surface area contributed by atoms with E-state index in [1.54, 1.807) is 0 Å². The molecule has 0 spiro atoms. The highest BCUT2D eigenvalue weighted by molar-refractivity contribution is 5.00. The Hall–Kier alpha value is -0.160. The summed E-state index contributed by atoms with van der Waals surface area (Å²) >= 11 is 0. The highest BCUT2D eigenvalue weighted by Crippen LogP contribution is 2.55. The van der Waals surface area contributed by atoms with Crippen molar-refractivity contribution in [3.8, 4) is 0 Å². The molecule has 11 unspecified atom stereocenters. The van der Waals surface area contributed by atoms with E-state index in [1.165, 1.54) is 64.2 Å². The van der Waals surface area contributed by atoms with Crippen LogP contribution < -0.4 is 0 Å². The molecular weight excluding hydrogens is 460 g/mol. The lowest BCUT2D eigenvalue weighted by atomic mass is 9.52. The topological polar surface area (TPSA) is 80.9 Å². The van der Waals surface area contributed by atoms with Gasteiger partial charge in [-0.2, -0.15) is 0 Å². The van der Waals surface area contributed by atoms with Crippen molar-refractivity contribution in [3.05, 3.63) is 0 Å². The zero-order chi connectivity index (χ0) is 26.1. The van der Waals surface area contributed by atoms with E-state index < -0.39 is 12.2 Å². The van der Waals surface area contributed by atoms with Gasteiger partial charge in [-0.3, -0.25) is 0 Å². The van der Waals surface area contributed by atoms with Gasteiger partial charge in [-0.05, 0) is 104 Å². The third kappa shape index (κ3) is 6.28. The van der Waals surface area contributed by atoms with E-state index >= 15 is 0 Å². The average molecular weight is 519 g/mol. The van der Waals surface area contributed by atoms with E-state index in [0.717, 1.165) is 38.5 Å². The summed E-state index contributed by atoms with van der Waals surface area (Å²) in [6.45, 7) is 4.79. The fourth-order valence-electron chi connectivity index (χ4n) is 10.6. The molecule has 0 radical (unpaired) electrons. The van der Waals surface area contributed by atoms with Crippen LogP contribution in [0.15, 0.2) is 0 Å². The summed E-state index contributed by atoms with van der Waals surface area (Å²) in [6.07, 6.45) is 18.3. The summed E-state index contributed by atoms with van der Waals surface area (Å²) in [5, 5.41) is 43.7. The Morgan fingerprint density at radius 2 is 0.919 bits per heavy atom. The minimum Gasteiger partial charge on any atom is -0.393 e. The third-order valence-electron chi connectivity index (χ3n) is 12.6. The molecule has 5 aliphatic carbocycles. The second kappa shape index (κ2) is 12.6. The molecular formula is C33H58O4. The Morgan fingerprint density at radius 1 is 0.459 bits per heavy atom. The van der Waals surface area contributed by atoms with Crippen LogP contribution in [0.1, 0.15) is 123 Å². The molecule has 11 atom stereocenters. The number of aliphatic hydroxyl groups is 4. The first-order chi connectivity index (χ1) is 17.8. The summed E-state index contributed by atoms with van der Waals surface area (Å²) in [5.74, 6) is 5.36. The molecule has 5 aliphatic rings. The van der Waals surface area contributed by atoms with Gasteiger partial charge >= 0.3 is 0 Å². The van der Waals surface area contributed by atoms with Crippen molar-refractivity contribution >= 4 is 0 Å². The van der Waals surface area contributed by atoms with Gasteiger partial charge in [-0.25, -0.2) is 0 Å². The molecule has 4 N–H and O–H groups in total. The number of hydrogen-bond acceptors (Lipinski definition) is 4. The predicted octanol–water partition coefficient (Wildman–Crippen LogP) is 6.33. The van der Waals surface area contributed by atoms with Crippen LogP contribution in [0, 0.1) is 59.2 Å². The fourth-order valence-corrected chi connectivity index (χ4v) is 10.6. The van der Waals surface area contributed by atoms with E-state index in [2.05, 4.69) is 13.8 Å². The Bertz CT molecular complexity index is 654. The lowest BCUT2D eigenvalue weighted by molar-refractivity contribution is -0.104. The normalized spacial score (nSPS) is 48.0. The quantitative estimate of drug-likeness (QED) is 0.343. The van der Waals surface area contributed by atoms with E-state index in [4.69, 9.17) is 0 Å². The van der Waals surface area contributed by atoms with Crippen molar-refractivity contribution in [2.24, 2.45) is 59.2 Å². The average Bonchev–Trinajstić information content (AvgIpc) is 2.89. The van der Waals surface area contributed by atoms with Crippen molar-refractivity contribution in [3.63, 3.8) is 0 Å². The Balaban J connectivity index is 1.42. The number of rotatable bonds is 5. The lowest BCUT2D eigenvalue weighted by Crippen LogP contribution is -2.50. The summed E-state index contributed by atoms with van der Waals surface area (Å²) in [5.41, 5.74) is 0. The second-order valence-corrected chi connectivity index (χ2v) is 14.8. The molecule has 0 bridgehead atoms. The van der Waals surface area contributed by atoms with Crippen LogP contribution in [-0.4, -0.2) is 44.8 Å². The Kier molecular flexibility index (Phi) is 9.64. The maximum Gasteiger partial charge on any atom is 0.0801 e. The smallest absolute Gasteiger partial charge is 0.0801 e. The molecule has 0 heterocycles. The number of aliphatic hydroxyl groups excluding tert-OH is 4. The van der Waals surface area contributed by atoms with Gasteiger partial charge in [0, 0.05) is 0 Å². The first-order valence-electron chi connectivity index (χ1n) is 16.6. The van der Waals surface area contributed by atoms with Crippen molar-refractivity contribution < 1.29 is 20.4 Å². The molecule has 37 heavy (non-hydrogen) atoms.